The van der Waals surface area contributed by atoms with Gasteiger partial charge >= 0.3 is 19.4 Å². The smallest absolute Gasteiger partial charge is 0.459 e. The number of aliphatic hydroxyl groups excluding tert-OH is 1. The molecule has 6 atom stereocenters. The summed E-state index contributed by atoms with van der Waals surface area (Å²) in [6.07, 6.45) is -3.57. The Morgan fingerprint density at radius 2 is 1.92 bits per heavy atom. The van der Waals surface area contributed by atoms with Crippen LogP contribution >= 0.6 is 7.75 Å². The van der Waals surface area contributed by atoms with E-state index in [1.807, 2.05) is 4.98 Å². The van der Waals surface area contributed by atoms with Gasteiger partial charge in [-0.15, -0.1) is 0 Å². The van der Waals surface area contributed by atoms with Gasteiger partial charge in [0.1, 0.15) is 29.6 Å². The molecule has 13 nitrogen and oxygen atoms in total. The highest BCUT2D eigenvalue weighted by Crippen LogP contribution is 2.47. The number of nitrogens with zero attached hydrogens (tertiary/aromatic N) is 1. The maximum atomic E-state index is 13.6. The molecule has 1 aliphatic heterocycles. The van der Waals surface area contributed by atoms with Crippen molar-refractivity contribution in [3.05, 3.63) is 63.4 Å². The number of para-hydroxylation sites is 1. The third-order valence-corrected chi connectivity index (χ3v) is 7.02. The molecule has 4 N–H and O–H groups in total. The lowest BCUT2D eigenvalue weighted by molar-refractivity contribution is -0.149. The van der Waals surface area contributed by atoms with Gasteiger partial charge in [0.15, 0.2) is 6.23 Å². The van der Waals surface area contributed by atoms with Crippen LogP contribution in [0.2, 0.25) is 0 Å². The monoisotopic (exact) mass is 527 g/mol. The summed E-state index contributed by atoms with van der Waals surface area (Å²) in [5.74, 6) is -0.517. The molecule has 2 aromatic rings. The molecule has 0 saturated carbocycles. The molecular formula is C22H30N3O10P. The molecule has 0 radical (unpaired) electrons. The fraction of sp³-hybridized carbons (Fsp3) is 0.500. The fourth-order valence-electron chi connectivity index (χ4n) is 3.41. The molecule has 1 saturated heterocycles. The van der Waals surface area contributed by atoms with Crippen LogP contribution in [-0.4, -0.2) is 62.3 Å². The van der Waals surface area contributed by atoms with Gasteiger partial charge in [-0.25, -0.2) is 9.36 Å². The van der Waals surface area contributed by atoms with Crippen LogP contribution in [0.5, 0.6) is 5.75 Å². The third-order valence-electron chi connectivity index (χ3n) is 5.37. The lowest BCUT2D eigenvalue weighted by atomic mass is 9.95. The van der Waals surface area contributed by atoms with E-state index in [0.717, 1.165) is 16.8 Å². The van der Waals surface area contributed by atoms with Crippen molar-refractivity contribution in [3.63, 3.8) is 0 Å². The van der Waals surface area contributed by atoms with Crippen molar-refractivity contribution in [2.75, 3.05) is 6.61 Å². The Morgan fingerprint density at radius 1 is 1.25 bits per heavy atom. The van der Waals surface area contributed by atoms with Crippen LogP contribution < -0.4 is 20.9 Å². The number of hydrogen-bond acceptors (Lipinski definition) is 10. The molecule has 0 bridgehead atoms. The van der Waals surface area contributed by atoms with Crippen molar-refractivity contribution >= 4 is 13.7 Å². The number of aliphatic hydroxyl groups is 2. The van der Waals surface area contributed by atoms with Crippen molar-refractivity contribution in [1.29, 1.82) is 0 Å². The van der Waals surface area contributed by atoms with Crippen molar-refractivity contribution in [3.8, 4) is 5.75 Å². The van der Waals surface area contributed by atoms with Gasteiger partial charge < -0.3 is 24.2 Å². The van der Waals surface area contributed by atoms with E-state index < -0.39 is 67.8 Å². The van der Waals surface area contributed by atoms with Gasteiger partial charge in [0.2, 0.25) is 0 Å². The van der Waals surface area contributed by atoms with Gasteiger partial charge in [0.25, 0.3) is 5.56 Å². The molecule has 14 heteroatoms. The molecule has 0 spiro atoms. The number of carbonyl (C=O) groups is 1. The molecule has 2 unspecified atom stereocenters. The highest BCUT2D eigenvalue weighted by molar-refractivity contribution is 7.52. The van der Waals surface area contributed by atoms with E-state index in [4.69, 9.17) is 18.5 Å². The summed E-state index contributed by atoms with van der Waals surface area (Å²) >= 11 is 0. The summed E-state index contributed by atoms with van der Waals surface area (Å²) in [5.41, 5.74) is -3.47. The zero-order valence-corrected chi connectivity index (χ0v) is 21.1. The van der Waals surface area contributed by atoms with Crippen LogP contribution in [0.1, 0.15) is 33.9 Å². The van der Waals surface area contributed by atoms with E-state index in [-0.39, 0.29) is 5.75 Å². The van der Waals surface area contributed by atoms with Crippen LogP contribution in [0.25, 0.3) is 0 Å². The van der Waals surface area contributed by atoms with Gasteiger partial charge in [-0.3, -0.25) is 23.7 Å². The van der Waals surface area contributed by atoms with E-state index in [9.17, 15) is 29.2 Å². The van der Waals surface area contributed by atoms with E-state index >= 15 is 0 Å². The summed E-state index contributed by atoms with van der Waals surface area (Å²) in [6, 6.07) is 8.02. The molecule has 198 valence electrons. The maximum absolute atomic E-state index is 13.6. The molecule has 1 aromatic heterocycles. The Bertz CT molecular complexity index is 1210. The first-order chi connectivity index (χ1) is 16.8. The number of hydrogen-bond donors (Lipinski definition) is 4. The number of H-pyrrole nitrogens is 1. The predicted octanol–water partition coefficient (Wildman–Crippen LogP) is 0.679. The molecule has 1 fully saturated rings. The Balaban J connectivity index is 1.80. The average molecular weight is 527 g/mol. The summed E-state index contributed by atoms with van der Waals surface area (Å²) in [5, 5.41) is 24.0. The fourth-order valence-corrected chi connectivity index (χ4v) is 4.90. The van der Waals surface area contributed by atoms with E-state index in [2.05, 4.69) is 5.09 Å². The number of benzene rings is 1. The highest BCUT2D eigenvalue weighted by atomic mass is 31.2. The zero-order valence-electron chi connectivity index (χ0n) is 20.2. The number of nitrogens with one attached hydrogen (secondary N) is 2. The Morgan fingerprint density at radius 3 is 2.53 bits per heavy atom. The lowest BCUT2D eigenvalue weighted by Gasteiger charge is -2.28. The number of esters is 1. The maximum Gasteiger partial charge on any atom is 0.459 e. The second-order valence-electron chi connectivity index (χ2n) is 8.74. The van der Waals surface area contributed by atoms with E-state index in [0.29, 0.717) is 0 Å². The number of carbonyl (C=O) groups excluding carboxylic acids is 1. The normalized spacial score (nSPS) is 26.4. The number of aromatic nitrogens is 2. The van der Waals surface area contributed by atoms with Crippen molar-refractivity contribution in [2.45, 2.75) is 63.9 Å². The van der Waals surface area contributed by atoms with Gasteiger partial charge in [0.05, 0.1) is 12.7 Å². The largest absolute Gasteiger partial charge is 0.462 e. The topological polar surface area (TPSA) is 178 Å². The Hall–Kier alpha value is -2.80. The van der Waals surface area contributed by atoms with Crippen molar-refractivity contribution < 1.29 is 38.1 Å². The minimum absolute atomic E-state index is 0.176. The second kappa shape index (κ2) is 11.1. The number of ether oxygens (including phenoxy) is 2. The number of aromatic amines is 1. The van der Waals surface area contributed by atoms with E-state index in [1.165, 1.54) is 26.0 Å². The SMILES string of the molecule is CC(C)OC(=O)[C@H](C)NP(=O)(OC[C@H]1O[C@@H](n2ccc(=O)[nH]c2=O)C(O)[C@]1(C)O)Oc1ccccc1. The molecule has 1 aromatic carbocycles. The molecular weight excluding hydrogens is 497 g/mol. The Kier molecular flexibility index (Phi) is 8.55. The van der Waals surface area contributed by atoms with Gasteiger partial charge in [-0.05, 0) is 39.8 Å². The number of rotatable bonds is 10. The van der Waals surface area contributed by atoms with Gasteiger partial charge in [0, 0.05) is 12.3 Å². The van der Waals surface area contributed by atoms with Crippen LogP contribution in [0.3, 0.4) is 0 Å². The van der Waals surface area contributed by atoms with Gasteiger partial charge in [-0.2, -0.15) is 5.09 Å². The van der Waals surface area contributed by atoms with Crippen molar-refractivity contribution in [1.82, 2.24) is 14.6 Å². The van der Waals surface area contributed by atoms with Crippen LogP contribution in [0.15, 0.2) is 52.2 Å². The summed E-state index contributed by atoms with van der Waals surface area (Å²) in [4.78, 5) is 37.8. The molecule has 1 aliphatic rings. The lowest BCUT2D eigenvalue weighted by Crippen LogP contribution is -2.47. The molecule has 36 heavy (non-hydrogen) atoms. The van der Waals surface area contributed by atoms with Crippen LogP contribution in [0.4, 0.5) is 0 Å². The Labute approximate surface area is 206 Å². The third kappa shape index (κ3) is 6.49. The van der Waals surface area contributed by atoms with Crippen molar-refractivity contribution in [2.24, 2.45) is 0 Å². The molecule has 3 rings (SSSR count). The van der Waals surface area contributed by atoms with Gasteiger partial charge in [-0.1, -0.05) is 18.2 Å². The standard InChI is InChI=1S/C22H30N3O10P/c1-13(2)33-20(28)14(3)24-36(31,35-15-8-6-5-7-9-15)32-12-16-22(4,30)18(27)19(34-16)25-11-10-17(26)23-21(25)29/h5-11,13-14,16,18-19,27,30H,12H2,1-4H3,(H,24,31)(H,23,26,29)/t14-,16+,18?,19+,22+,36?/m0/s1. The second-order valence-corrected chi connectivity index (χ2v) is 10.4. The summed E-state index contributed by atoms with van der Waals surface area (Å²) in [7, 11) is -4.27. The van der Waals surface area contributed by atoms with Crippen LogP contribution in [0, 0.1) is 0 Å². The molecule has 0 amide bonds. The molecule has 0 aliphatic carbocycles. The summed E-state index contributed by atoms with van der Waals surface area (Å²) < 4.78 is 36.4. The average Bonchev–Trinajstić information content (AvgIpc) is 3.01. The zero-order chi connectivity index (χ0) is 26.7. The summed E-state index contributed by atoms with van der Waals surface area (Å²) in [6.45, 7) is 5.43. The quantitative estimate of drug-likeness (QED) is 0.252. The minimum Gasteiger partial charge on any atom is -0.462 e. The first-order valence-corrected chi connectivity index (χ1v) is 12.7. The highest BCUT2D eigenvalue weighted by Gasteiger charge is 2.54. The predicted molar refractivity (Wildman–Crippen MR) is 126 cm³/mol. The molecule has 2 heterocycles. The minimum atomic E-state index is -4.27. The first-order valence-electron chi connectivity index (χ1n) is 11.2. The first kappa shape index (κ1) is 27.8. The van der Waals surface area contributed by atoms with Crippen LogP contribution in [-0.2, 0) is 23.4 Å². The van der Waals surface area contributed by atoms with E-state index in [1.54, 1.807) is 32.0 Å².